The van der Waals surface area contributed by atoms with E-state index in [0.29, 0.717) is 24.3 Å². The summed E-state index contributed by atoms with van der Waals surface area (Å²) in [5.74, 6) is -1.37. The molecule has 0 aromatic heterocycles. The number of nitrogens with zero attached hydrogens (tertiary/aromatic N) is 1. The third-order valence-electron chi connectivity index (χ3n) is 5.29. The van der Waals surface area contributed by atoms with Crippen molar-refractivity contribution in [2.24, 2.45) is 0 Å². The first-order valence-corrected chi connectivity index (χ1v) is 10.7. The zero-order valence-corrected chi connectivity index (χ0v) is 18.8. The van der Waals surface area contributed by atoms with Crippen LogP contribution in [0.1, 0.15) is 39.6 Å². The molecule has 0 bridgehead atoms. The van der Waals surface area contributed by atoms with Crippen molar-refractivity contribution < 1.29 is 37.0 Å². The zero-order chi connectivity index (χ0) is 25.6. The van der Waals surface area contributed by atoms with Crippen LogP contribution in [-0.2, 0) is 11.0 Å². The second-order valence-corrected chi connectivity index (χ2v) is 8.01. The van der Waals surface area contributed by atoms with Crippen LogP contribution in [0.25, 0.3) is 0 Å². The first kappa shape index (κ1) is 25.9. The highest BCUT2D eigenvalue weighted by molar-refractivity contribution is 6.09. The number of carbonyl (C=O) groups excluding carboxylic acids is 1. The molecule has 1 N–H and O–H groups in total. The second kappa shape index (κ2) is 11.1. The highest BCUT2D eigenvalue weighted by atomic mass is 19.4. The van der Waals surface area contributed by atoms with Gasteiger partial charge in [0.15, 0.2) is 5.78 Å². The Morgan fingerprint density at radius 2 is 1.46 bits per heavy atom. The maximum atomic E-state index is 13.4. The van der Waals surface area contributed by atoms with Crippen LogP contribution < -0.4 is 4.74 Å². The van der Waals surface area contributed by atoms with Crippen LogP contribution in [0.5, 0.6) is 5.75 Å². The molecule has 0 aliphatic heterocycles. The molecule has 1 unspecified atom stereocenters. The van der Waals surface area contributed by atoms with Crippen molar-refractivity contribution in [3.63, 3.8) is 0 Å². The molecule has 0 heterocycles. The molecule has 35 heavy (non-hydrogen) atoms. The van der Waals surface area contributed by atoms with E-state index in [9.17, 15) is 27.2 Å². The van der Waals surface area contributed by atoms with Gasteiger partial charge in [-0.25, -0.2) is 4.39 Å². The van der Waals surface area contributed by atoms with Gasteiger partial charge in [-0.15, -0.1) is 0 Å². The standard InChI is InChI=1S/C26H23F4NO4/c1-31(16-24(32)33)15-14-23(17-4-10-21(27)11-5-17)35-22-12-6-19(7-13-22)25(34)18-2-8-20(9-3-18)26(28,29)30/h2-13,23H,14-16H2,1H3,(H,32,33). The number of halogens is 4. The molecule has 9 heteroatoms. The second-order valence-electron chi connectivity index (χ2n) is 8.01. The maximum Gasteiger partial charge on any atom is 0.416 e. The number of aliphatic carboxylic acids is 1. The van der Waals surface area contributed by atoms with E-state index in [1.165, 1.54) is 24.3 Å². The van der Waals surface area contributed by atoms with E-state index in [1.54, 1.807) is 36.2 Å². The van der Waals surface area contributed by atoms with Crippen molar-refractivity contribution in [3.8, 4) is 5.75 Å². The Kier molecular flexibility index (Phi) is 8.24. The van der Waals surface area contributed by atoms with Crippen LogP contribution in [-0.4, -0.2) is 41.9 Å². The number of rotatable bonds is 10. The molecule has 0 radical (unpaired) electrons. The number of benzene rings is 3. The molecule has 3 aromatic carbocycles. The molecule has 3 aromatic rings. The van der Waals surface area contributed by atoms with Gasteiger partial charge >= 0.3 is 12.1 Å². The molecule has 0 saturated carbocycles. The van der Waals surface area contributed by atoms with Crippen molar-refractivity contribution in [1.82, 2.24) is 4.90 Å². The van der Waals surface area contributed by atoms with Gasteiger partial charge in [-0.2, -0.15) is 13.2 Å². The number of ketones is 1. The fourth-order valence-electron chi connectivity index (χ4n) is 3.45. The number of carboxylic acid groups (broad SMARTS) is 1. The predicted molar refractivity (Wildman–Crippen MR) is 121 cm³/mol. The summed E-state index contributed by atoms with van der Waals surface area (Å²) in [7, 11) is 1.66. The molecule has 184 valence electrons. The van der Waals surface area contributed by atoms with Crippen LogP contribution in [0, 0.1) is 5.82 Å². The first-order chi connectivity index (χ1) is 16.5. The number of alkyl halides is 3. The van der Waals surface area contributed by atoms with Gasteiger partial charge in [-0.3, -0.25) is 14.5 Å². The van der Waals surface area contributed by atoms with Crippen molar-refractivity contribution in [2.45, 2.75) is 18.7 Å². The SMILES string of the molecule is CN(CCC(Oc1ccc(C(=O)c2ccc(C(F)(F)F)cc2)cc1)c1ccc(F)cc1)CC(=O)O. The van der Waals surface area contributed by atoms with E-state index in [1.807, 2.05) is 0 Å². The van der Waals surface area contributed by atoms with E-state index in [-0.39, 0.29) is 17.7 Å². The molecule has 0 aliphatic carbocycles. The third kappa shape index (κ3) is 7.38. The Morgan fingerprint density at radius 3 is 1.97 bits per heavy atom. The Balaban J connectivity index is 1.73. The van der Waals surface area contributed by atoms with Gasteiger partial charge in [0, 0.05) is 24.1 Å². The highest BCUT2D eigenvalue weighted by Crippen LogP contribution is 2.30. The number of hydrogen-bond acceptors (Lipinski definition) is 4. The fraction of sp³-hybridized carbons (Fsp3) is 0.231. The summed E-state index contributed by atoms with van der Waals surface area (Å²) < 4.78 is 57.7. The molecule has 0 amide bonds. The third-order valence-corrected chi connectivity index (χ3v) is 5.29. The summed E-state index contributed by atoms with van der Waals surface area (Å²) in [4.78, 5) is 25.2. The van der Waals surface area contributed by atoms with Gasteiger partial charge in [0.2, 0.25) is 0 Å². The van der Waals surface area contributed by atoms with Crippen molar-refractivity contribution >= 4 is 11.8 Å². The predicted octanol–water partition coefficient (Wildman–Crippen LogP) is 5.60. The van der Waals surface area contributed by atoms with E-state index in [4.69, 9.17) is 9.84 Å². The smallest absolute Gasteiger partial charge is 0.416 e. The summed E-state index contributed by atoms with van der Waals surface area (Å²) in [5.41, 5.74) is 0.257. The Hall–Kier alpha value is -3.72. The van der Waals surface area contributed by atoms with Gasteiger partial charge in [-0.1, -0.05) is 24.3 Å². The number of carbonyl (C=O) groups is 2. The lowest BCUT2D eigenvalue weighted by molar-refractivity contribution is -0.138. The average Bonchev–Trinajstić information content (AvgIpc) is 2.81. The minimum absolute atomic E-state index is 0.123. The van der Waals surface area contributed by atoms with E-state index < -0.39 is 35.4 Å². The van der Waals surface area contributed by atoms with Gasteiger partial charge < -0.3 is 9.84 Å². The molecular weight excluding hydrogens is 466 g/mol. The van der Waals surface area contributed by atoms with Gasteiger partial charge in [-0.05, 0) is 61.1 Å². The summed E-state index contributed by atoms with van der Waals surface area (Å²) in [6.45, 7) is 0.260. The summed E-state index contributed by atoms with van der Waals surface area (Å²) in [6, 6.07) is 15.9. The molecular formula is C26H23F4NO4. The monoisotopic (exact) mass is 489 g/mol. The molecule has 0 fully saturated rings. The van der Waals surface area contributed by atoms with Crippen LogP contribution >= 0.6 is 0 Å². The fourth-order valence-corrected chi connectivity index (χ4v) is 3.45. The summed E-state index contributed by atoms with van der Waals surface area (Å²) in [6.07, 6.45) is -4.57. The molecule has 0 aliphatic rings. The van der Waals surface area contributed by atoms with Crippen molar-refractivity contribution in [3.05, 3.63) is 101 Å². The lowest BCUT2D eigenvalue weighted by Crippen LogP contribution is -2.28. The number of likely N-dealkylation sites (N-methyl/N-ethyl adjacent to an activating group) is 1. The molecule has 0 spiro atoms. The van der Waals surface area contributed by atoms with Crippen LogP contribution in [0.3, 0.4) is 0 Å². The quantitative estimate of drug-likeness (QED) is 0.297. The lowest BCUT2D eigenvalue weighted by Gasteiger charge is -2.22. The molecule has 0 saturated heterocycles. The minimum Gasteiger partial charge on any atom is -0.486 e. The van der Waals surface area contributed by atoms with Gasteiger partial charge in [0.05, 0.1) is 12.1 Å². The Labute approximate surface area is 199 Å². The van der Waals surface area contributed by atoms with E-state index in [2.05, 4.69) is 0 Å². The minimum atomic E-state index is -4.48. The first-order valence-electron chi connectivity index (χ1n) is 10.7. The highest BCUT2D eigenvalue weighted by Gasteiger charge is 2.30. The normalized spacial score (nSPS) is 12.4. The molecule has 1 atom stereocenters. The summed E-state index contributed by atoms with van der Waals surface area (Å²) in [5, 5.41) is 8.94. The van der Waals surface area contributed by atoms with Crippen molar-refractivity contribution in [1.29, 1.82) is 0 Å². The average molecular weight is 489 g/mol. The van der Waals surface area contributed by atoms with Crippen LogP contribution in [0.15, 0.2) is 72.8 Å². The van der Waals surface area contributed by atoms with E-state index >= 15 is 0 Å². The largest absolute Gasteiger partial charge is 0.486 e. The zero-order valence-electron chi connectivity index (χ0n) is 18.8. The topological polar surface area (TPSA) is 66.8 Å². The molecule has 3 rings (SSSR count). The Morgan fingerprint density at radius 1 is 0.914 bits per heavy atom. The van der Waals surface area contributed by atoms with E-state index in [0.717, 1.165) is 24.3 Å². The number of carboxylic acids is 1. The van der Waals surface area contributed by atoms with Gasteiger partial charge in [0.1, 0.15) is 17.7 Å². The van der Waals surface area contributed by atoms with Crippen molar-refractivity contribution in [2.75, 3.05) is 20.1 Å². The lowest BCUT2D eigenvalue weighted by atomic mass is 10.0. The van der Waals surface area contributed by atoms with Crippen LogP contribution in [0.2, 0.25) is 0 Å². The summed E-state index contributed by atoms with van der Waals surface area (Å²) >= 11 is 0. The number of hydrogen-bond donors (Lipinski definition) is 1. The van der Waals surface area contributed by atoms with Crippen LogP contribution in [0.4, 0.5) is 17.6 Å². The number of ether oxygens (including phenoxy) is 1. The Bertz CT molecular complexity index is 1140. The van der Waals surface area contributed by atoms with Gasteiger partial charge in [0.25, 0.3) is 0 Å². The maximum absolute atomic E-state index is 13.4. The molecule has 5 nitrogen and oxygen atoms in total.